The van der Waals surface area contributed by atoms with Crippen LogP contribution < -0.4 is 0 Å². The molecule has 1 fully saturated rings. The highest BCUT2D eigenvalue weighted by Gasteiger charge is 2.31. The first-order chi connectivity index (χ1) is 13.0. The van der Waals surface area contributed by atoms with Gasteiger partial charge in [-0.25, -0.2) is 0 Å². The van der Waals surface area contributed by atoms with Gasteiger partial charge >= 0.3 is 5.97 Å². The first kappa shape index (κ1) is 19.6. The lowest BCUT2D eigenvalue weighted by atomic mass is 9.92. The van der Waals surface area contributed by atoms with Gasteiger partial charge in [0.2, 0.25) is 0 Å². The number of aliphatic carboxylic acids is 1. The van der Waals surface area contributed by atoms with Gasteiger partial charge in [0.15, 0.2) is 0 Å². The van der Waals surface area contributed by atoms with Crippen LogP contribution in [-0.2, 0) is 4.79 Å². The Bertz CT molecular complexity index is 760. The summed E-state index contributed by atoms with van der Waals surface area (Å²) in [6.07, 6.45) is 0. The second kappa shape index (κ2) is 8.68. The van der Waals surface area contributed by atoms with Crippen molar-refractivity contribution < 1.29 is 9.90 Å². The molecule has 1 N–H and O–H groups in total. The monoisotopic (exact) mass is 366 g/mol. The number of benzene rings is 2. The second-order valence-corrected chi connectivity index (χ2v) is 7.85. The summed E-state index contributed by atoms with van der Waals surface area (Å²) >= 11 is 0. The molecule has 0 aliphatic carbocycles. The number of carbonyl (C=O) groups is 1. The Morgan fingerprint density at radius 3 is 2.33 bits per heavy atom. The number of carboxylic acid groups (broad SMARTS) is 1. The van der Waals surface area contributed by atoms with Crippen LogP contribution in [-0.4, -0.2) is 53.1 Å². The summed E-state index contributed by atoms with van der Waals surface area (Å²) in [5.74, 6) is -0.257. The topological polar surface area (TPSA) is 43.8 Å². The van der Waals surface area contributed by atoms with Crippen LogP contribution >= 0.6 is 0 Å². The Labute approximate surface area is 162 Å². The maximum atomic E-state index is 11.1. The Balaban J connectivity index is 1.90. The molecule has 2 aromatic rings. The molecule has 4 heteroatoms. The van der Waals surface area contributed by atoms with Crippen molar-refractivity contribution in [3.05, 3.63) is 71.3 Å². The quantitative estimate of drug-likeness (QED) is 0.839. The third kappa shape index (κ3) is 4.76. The summed E-state index contributed by atoms with van der Waals surface area (Å²) in [5, 5.41) is 9.14. The third-order valence-electron chi connectivity index (χ3n) is 5.51. The average Bonchev–Trinajstić information content (AvgIpc) is 2.65. The minimum atomic E-state index is -0.750. The normalized spacial score (nSPS) is 19.9. The van der Waals surface area contributed by atoms with Crippen molar-refractivity contribution in [2.24, 2.45) is 0 Å². The first-order valence-electron chi connectivity index (χ1n) is 9.80. The van der Waals surface area contributed by atoms with Gasteiger partial charge in [0.1, 0.15) is 0 Å². The number of rotatable bonds is 6. The molecule has 3 rings (SSSR count). The van der Waals surface area contributed by atoms with E-state index in [9.17, 15) is 4.79 Å². The van der Waals surface area contributed by atoms with Crippen LogP contribution in [0.4, 0.5) is 0 Å². The van der Waals surface area contributed by atoms with Crippen LogP contribution in [0.1, 0.15) is 49.4 Å². The van der Waals surface area contributed by atoms with Crippen molar-refractivity contribution in [3.8, 4) is 0 Å². The van der Waals surface area contributed by atoms with Gasteiger partial charge in [0.05, 0.1) is 12.6 Å². The third-order valence-corrected chi connectivity index (χ3v) is 5.51. The number of hydrogen-bond donors (Lipinski definition) is 1. The molecule has 2 aromatic carbocycles. The van der Waals surface area contributed by atoms with E-state index in [1.807, 2.05) is 0 Å². The Kier molecular flexibility index (Phi) is 6.30. The van der Waals surface area contributed by atoms with Gasteiger partial charge in [-0.15, -0.1) is 0 Å². The highest BCUT2D eigenvalue weighted by Crippen LogP contribution is 2.32. The van der Waals surface area contributed by atoms with Crippen LogP contribution in [0.5, 0.6) is 0 Å². The zero-order valence-electron chi connectivity index (χ0n) is 16.5. The smallest absolute Gasteiger partial charge is 0.317 e. The number of nitrogens with zero attached hydrogens (tertiary/aromatic N) is 2. The second-order valence-electron chi connectivity index (χ2n) is 7.85. The van der Waals surface area contributed by atoms with E-state index in [0.29, 0.717) is 5.92 Å². The number of carboxylic acids is 1. The molecule has 1 aliphatic heterocycles. The molecule has 144 valence electrons. The summed E-state index contributed by atoms with van der Waals surface area (Å²) in [6, 6.07) is 20.0. The van der Waals surface area contributed by atoms with Gasteiger partial charge < -0.3 is 5.11 Å². The summed E-state index contributed by atoms with van der Waals surface area (Å²) in [7, 11) is 0. The molecule has 0 bridgehead atoms. The van der Waals surface area contributed by atoms with E-state index in [2.05, 4.69) is 85.2 Å². The molecule has 27 heavy (non-hydrogen) atoms. The molecule has 1 heterocycles. The molecule has 0 radical (unpaired) electrons. The van der Waals surface area contributed by atoms with E-state index >= 15 is 0 Å². The Morgan fingerprint density at radius 2 is 1.70 bits per heavy atom. The van der Waals surface area contributed by atoms with Crippen molar-refractivity contribution in [1.82, 2.24) is 9.80 Å². The summed E-state index contributed by atoms with van der Waals surface area (Å²) in [4.78, 5) is 15.7. The predicted molar refractivity (Wildman–Crippen MR) is 109 cm³/mol. The van der Waals surface area contributed by atoms with Gasteiger partial charge in [0, 0.05) is 25.7 Å². The average molecular weight is 367 g/mol. The van der Waals surface area contributed by atoms with Crippen molar-refractivity contribution in [2.75, 3.05) is 26.2 Å². The van der Waals surface area contributed by atoms with Crippen molar-refractivity contribution in [1.29, 1.82) is 0 Å². The molecular weight excluding hydrogens is 336 g/mol. The molecule has 4 nitrogen and oxygen atoms in total. The number of piperazine rings is 1. The van der Waals surface area contributed by atoms with E-state index in [4.69, 9.17) is 5.11 Å². The molecule has 1 unspecified atom stereocenters. The molecule has 1 saturated heterocycles. The molecule has 1 aliphatic rings. The highest BCUT2D eigenvalue weighted by atomic mass is 16.4. The fourth-order valence-corrected chi connectivity index (χ4v) is 4.00. The molecule has 0 amide bonds. The maximum absolute atomic E-state index is 11.1. The fraction of sp³-hybridized carbons (Fsp3) is 0.435. The molecule has 0 saturated carbocycles. The van der Waals surface area contributed by atoms with E-state index in [-0.39, 0.29) is 18.6 Å². The zero-order chi connectivity index (χ0) is 19.4. The molecule has 2 atom stereocenters. The van der Waals surface area contributed by atoms with Crippen LogP contribution in [0.15, 0.2) is 54.6 Å². The van der Waals surface area contributed by atoms with E-state index < -0.39 is 5.97 Å². The van der Waals surface area contributed by atoms with Gasteiger partial charge in [-0.05, 0) is 29.5 Å². The van der Waals surface area contributed by atoms with Gasteiger partial charge in [-0.3, -0.25) is 14.6 Å². The van der Waals surface area contributed by atoms with Crippen LogP contribution in [0.25, 0.3) is 0 Å². The van der Waals surface area contributed by atoms with Crippen molar-refractivity contribution in [3.63, 3.8) is 0 Å². The standard InChI is InChI=1S/C23H30N2O2/c1-17(2)20-10-7-11-21(14-20)23(19-8-5-4-6-9-19)25-13-12-24(16-22(26)27)18(3)15-25/h4-11,14,17-18,23H,12-13,15-16H2,1-3H3,(H,26,27)/t18?,23-/m1/s1. The lowest BCUT2D eigenvalue weighted by Crippen LogP contribution is -2.54. The first-order valence-corrected chi connectivity index (χ1v) is 9.80. The number of hydrogen-bond acceptors (Lipinski definition) is 3. The molecular formula is C23H30N2O2. The molecule has 0 spiro atoms. The lowest BCUT2D eigenvalue weighted by molar-refractivity contribution is -0.139. The van der Waals surface area contributed by atoms with E-state index in [0.717, 1.165) is 19.6 Å². The van der Waals surface area contributed by atoms with Crippen molar-refractivity contribution in [2.45, 2.75) is 38.8 Å². The summed E-state index contributed by atoms with van der Waals surface area (Å²) < 4.78 is 0. The largest absolute Gasteiger partial charge is 0.480 e. The van der Waals surface area contributed by atoms with Gasteiger partial charge in [0.25, 0.3) is 0 Å². The van der Waals surface area contributed by atoms with Crippen LogP contribution in [0.3, 0.4) is 0 Å². The molecule has 0 aromatic heterocycles. The van der Waals surface area contributed by atoms with Crippen LogP contribution in [0, 0.1) is 0 Å². The summed E-state index contributed by atoms with van der Waals surface area (Å²) in [6.45, 7) is 9.20. The highest BCUT2D eigenvalue weighted by molar-refractivity contribution is 5.69. The van der Waals surface area contributed by atoms with E-state index in [1.54, 1.807) is 0 Å². The van der Waals surface area contributed by atoms with Gasteiger partial charge in [-0.1, -0.05) is 68.4 Å². The van der Waals surface area contributed by atoms with Gasteiger partial charge in [-0.2, -0.15) is 0 Å². The lowest BCUT2D eigenvalue weighted by Gasteiger charge is -2.43. The Hall–Kier alpha value is -2.17. The van der Waals surface area contributed by atoms with Crippen molar-refractivity contribution >= 4 is 5.97 Å². The Morgan fingerprint density at radius 1 is 1.04 bits per heavy atom. The van der Waals surface area contributed by atoms with Crippen LogP contribution in [0.2, 0.25) is 0 Å². The predicted octanol–water partition coefficient (Wildman–Crippen LogP) is 3.99. The fourth-order valence-electron chi connectivity index (χ4n) is 4.00. The SMILES string of the molecule is CC(C)c1cccc([C@@H](c2ccccc2)N2CCN(CC(=O)O)C(C)C2)c1. The maximum Gasteiger partial charge on any atom is 0.317 e. The summed E-state index contributed by atoms with van der Waals surface area (Å²) in [5.41, 5.74) is 3.95. The van der Waals surface area contributed by atoms with E-state index in [1.165, 1.54) is 16.7 Å². The zero-order valence-corrected chi connectivity index (χ0v) is 16.5. The minimum absolute atomic E-state index is 0.119. The minimum Gasteiger partial charge on any atom is -0.480 e.